The standard InChI is InChI=1S/C11H22N2/c1-11(2,3)13-7-9-5-6-10(8-13)12(9)4/h9-10H,5-8H2,1-4H3/t9-,10+. The third-order valence-corrected chi connectivity index (χ3v) is 3.80. The molecule has 0 amide bonds. The summed E-state index contributed by atoms with van der Waals surface area (Å²) in [4.78, 5) is 5.23. The quantitative estimate of drug-likeness (QED) is 0.561. The van der Waals surface area contributed by atoms with Crippen LogP contribution in [0.25, 0.3) is 0 Å². The van der Waals surface area contributed by atoms with Gasteiger partial charge in [0.2, 0.25) is 0 Å². The Bertz CT molecular complexity index is 181. The molecule has 0 aromatic heterocycles. The zero-order valence-corrected chi connectivity index (χ0v) is 9.38. The maximum Gasteiger partial charge on any atom is 0.0224 e. The monoisotopic (exact) mass is 182 g/mol. The lowest BCUT2D eigenvalue weighted by atomic mass is 10.0. The average molecular weight is 182 g/mol. The van der Waals surface area contributed by atoms with Crippen molar-refractivity contribution in [2.45, 2.75) is 51.2 Å². The fourth-order valence-corrected chi connectivity index (χ4v) is 2.66. The molecule has 2 heteroatoms. The Kier molecular flexibility index (Phi) is 2.16. The van der Waals surface area contributed by atoms with E-state index in [1.54, 1.807) is 0 Å². The van der Waals surface area contributed by atoms with Gasteiger partial charge < -0.3 is 0 Å². The van der Waals surface area contributed by atoms with E-state index in [0.29, 0.717) is 5.54 Å². The summed E-state index contributed by atoms with van der Waals surface area (Å²) in [7, 11) is 2.29. The van der Waals surface area contributed by atoms with Crippen molar-refractivity contribution in [3.05, 3.63) is 0 Å². The number of piperazine rings is 1. The summed E-state index contributed by atoms with van der Waals surface area (Å²) in [6.07, 6.45) is 2.82. The summed E-state index contributed by atoms with van der Waals surface area (Å²) in [5.41, 5.74) is 0.363. The molecule has 0 aliphatic carbocycles. The first-order valence-electron chi connectivity index (χ1n) is 5.45. The normalized spacial score (nSPS) is 36.9. The van der Waals surface area contributed by atoms with E-state index in [1.165, 1.54) is 25.9 Å². The minimum atomic E-state index is 0.363. The zero-order valence-electron chi connectivity index (χ0n) is 9.38. The average Bonchev–Trinajstić information content (AvgIpc) is 2.29. The van der Waals surface area contributed by atoms with Gasteiger partial charge in [0, 0.05) is 30.7 Å². The van der Waals surface area contributed by atoms with E-state index in [4.69, 9.17) is 0 Å². The zero-order chi connectivity index (χ0) is 9.64. The highest BCUT2D eigenvalue weighted by Crippen LogP contribution is 2.31. The van der Waals surface area contributed by atoms with Crippen molar-refractivity contribution >= 4 is 0 Å². The summed E-state index contributed by atoms with van der Waals surface area (Å²) in [5.74, 6) is 0. The summed E-state index contributed by atoms with van der Waals surface area (Å²) in [6, 6.07) is 1.66. The summed E-state index contributed by atoms with van der Waals surface area (Å²) < 4.78 is 0. The molecule has 0 radical (unpaired) electrons. The van der Waals surface area contributed by atoms with Gasteiger partial charge in [0.15, 0.2) is 0 Å². The van der Waals surface area contributed by atoms with Crippen LogP contribution in [0.4, 0.5) is 0 Å². The van der Waals surface area contributed by atoms with Gasteiger partial charge in [-0.3, -0.25) is 9.80 Å². The van der Waals surface area contributed by atoms with Crippen LogP contribution in [0.3, 0.4) is 0 Å². The molecule has 2 rings (SSSR count). The van der Waals surface area contributed by atoms with Crippen molar-refractivity contribution in [3.63, 3.8) is 0 Å². The molecule has 2 bridgehead atoms. The molecule has 2 aliphatic rings. The van der Waals surface area contributed by atoms with Gasteiger partial charge in [0.1, 0.15) is 0 Å². The van der Waals surface area contributed by atoms with E-state index in [2.05, 4.69) is 37.6 Å². The van der Waals surface area contributed by atoms with E-state index < -0.39 is 0 Å². The third-order valence-electron chi connectivity index (χ3n) is 3.80. The molecule has 2 heterocycles. The van der Waals surface area contributed by atoms with Crippen LogP contribution in [0.5, 0.6) is 0 Å². The van der Waals surface area contributed by atoms with Gasteiger partial charge >= 0.3 is 0 Å². The highest BCUT2D eigenvalue weighted by Gasteiger charge is 2.40. The van der Waals surface area contributed by atoms with E-state index >= 15 is 0 Å². The Labute approximate surface area is 81.9 Å². The second-order valence-corrected chi connectivity index (χ2v) is 5.63. The van der Waals surface area contributed by atoms with Crippen molar-refractivity contribution in [3.8, 4) is 0 Å². The SMILES string of the molecule is CN1[C@@H]2CC[C@H]1CN(C(C)(C)C)C2. The van der Waals surface area contributed by atoms with Crippen molar-refractivity contribution in [1.82, 2.24) is 9.80 Å². The van der Waals surface area contributed by atoms with Crippen molar-refractivity contribution < 1.29 is 0 Å². The topological polar surface area (TPSA) is 6.48 Å². The predicted octanol–water partition coefficient (Wildman–Crippen LogP) is 1.56. The van der Waals surface area contributed by atoms with Crippen LogP contribution >= 0.6 is 0 Å². The Balaban J connectivity index is 2.07. The third kappa shape index (κ3) is 1.62. The van der Waals surface area contributed by atoms with Crippen LogP contribution in [0, 0.1) is 0 Å². The number of rotatable bonds is 0. The van der Waals surface area contributed by atoms with Gasteiger partial charge in [0.25, 0.3) is 0 Å². The molecule has 2 fully saturated rings. The van der Waals surface area contributed by atoms with E-state index in [-0.39, 0.29) is 0 Å². The number of hydrogen-bond acceptors (Lipinski definition) is 2. The molecule has 2 aliphatic heterocycles. The van der Waals surface area contributed by atoms with Crippen LogP contribution in [-0.4, -0.2) is 47.6 Å². The fraction of sp³-hybridized carbons (Fsp3) is 1.00. The van der Waals surface area contributed by atoms with Crippen molar-refractivity contribution in [2.75, 3.05) is 20.1 Å². The molecule has 0 spiro atoms. The van der Waals surface area contributed by atoms with Gasteiger partial charge in [-0.05, 0) is 40.7 Å². The fourth-order valence-electron chi connectivity index (χ4n) is 2.66. The summed E-state index contributed by atoms with van der Waals surface area (Å²) in [6.45, 7) is 9.54. The van der Waals surface area contributed by atoms with Crippen LogP contribution < -0.4 is 0 Å². The lowest BCUT2D eigenvalue weighted by molar-refractivity contribution is 0.0294. The highest BCUT2D eigenvalue weighted by atomic mass is 15.3. The Morgan fingerprint density at radius 3 is 1.85 bits per heavy atom. The number of fused-ring (bicyclic) bond motifs is 2. The van der Waals surface area contributed by atoms with E-state index in [0.717, 1.165) is 12.1 Å². The van der Waals surface area contributed by atoms with Crippen LogP contribution in [0.15, 0.2) is 0 Å². The molecule has 13 heavy (non-hydrogen) atoms. The first-order chi connectivity index (χ1) is 5.98. The molecular weight excluding hydrogens is 160 g/mol. The van der Waals surface area contributed by atoms with Gasteiger partial charge in [-0.2, -0.15) is 0 Å². The Morgan fingerprint density at radius 2 is 1.46 bits per heavy atom. The van der Waals surface area contributed by atoms with Crippen LogP contribution in [0.1, 0.15) is 33.6 Å². The van der Waals surface area contributed by atoms with Gasteiger partial charge in [-0.15, -0.1) is 0 Å². The second kappa shape index (κ2) is 2.96. The molecule has 0 unspecified atom stereocenters. The van der Waals surface area contributed by atoms with Gasteiger partial charge in [-0.1, -0.05) is 0 Å². The smallest absolute Gasteiger partial charge is 0.0224 e. The molecule has 0 aromatic carbocycles. The number of nitrogens with zero attached hydrogens (tertiary/aromatic N) is 2. The van der Waals surface area contributed by atoms with Crippen LogP contribution in [-0.2, 0) is 0 Å². The molecule has 0 saturated carbocycles. The molecule has 2 atom stereocenters. The minimum Gasteiger partial charge on any atom is -0.298 e. The number of hydrogen-bond donors (Lipinski definition) is 0. The van der Waals surface area contributed by atoms with Crippen LogP contribution in [0.2, 0.25) is 0 Å². The second-order valence-electron chi connectivity index (χ2n) is 5.63. The molecule has 0 aromatic rings. The summed E-state index contributed by atoms with van der Waals surface area (Å²) in [5, 5.41) is 0. The molecular formula is C11H22N2. The Morgan fingerprint density at radius 1 is 1.00 bits per heavy atom. The maximum absolute atomic E-state index is 2.65. The minimum absolute atomic E-state index is 0.363. The Hall–Kier alpha value is -0.0800. The molecule has 76 valence electrons. The predicted molar refractivity (Wildman–Crippen MR) is 55.9 cm³/mol. The highest BCUT2D eigenvalue weighted by molar-refractivity contribution is 4.97. The van der Waals surface area contributed by atoms with Crippen molar-refractivity contribution in [2.24, 2.45) is 0 Å². The first kappa shape index (κ1) is 9.47. The van der Waals surface area contributed by atoms with E-state index in [1.807, 2.05) is 0 Å². The molecule has 0 N–H and O–H groups in total. The van der Waals surface area contributed by atoms with Gasteiger partial charge in [-0.25, -0.2) is 0 Å². The largest absolute Gasteiger partial charge is 0.298 e. The number of likely N-dealkylation sites (tertiary alicyclic amines) is 1. The maximum atomic E-state index is 2.65. The first-order valence-corrected chi connectivity index (χ1v) is 5.45. The van der Waals surface area contributed by atoms with E-state index in [9.17, 15) is 0 Å². The lowest BCUT2D eigenvalue weighted by Gasteiger charge is -2.45. The molecule has 2 nitrogen and oxygen atoms in total. The number of likely N-dealkylation sites (N-methyl/N-ethyl adjacent to an activating group) is 1. The van der Waals surface area contributed by atoms with Gasteiger partial charge in [0.05, 0.1) is 0 Å². The van der Waals surface area contributed by atoms with Crippen molar-refractivity contribution in [1.29, 1.82) is 0 Å². The molecule has 2 saturated heterocycles. The lowest BCUT2D eigenvalue weighted by Crippen LogP contribution is -2.57. The summed E-state index contributed by atoms with van der Waals surface area (Å²) >= 11 is 0.